The van der Waals surface area contributed by atoms with Gasteiger partial charge < -0.3 is 19.1 Å². The average Bonchev–Trinajstić information content (AvgIpc) is 3.45. The number of hydrogen-bond acceptors (Lipinski definition) is 6. The highest BCUT2D eigenvalue weighted by Crippen LogP contribution is 2.32. The van der Waals surface area contributed by atoms with Crippen molar-refractivity contribution in [2.75, 3.05) is 33.4 Å². The smallest absolute Gasteiger partial charge is 0.160 e. The number of rotatable bonds is 11. The van der Waals surface area contributed by atoms with Crippen molar-refractivity contribution >= 4 is 17.7 Å². The third-order valence-electron chi connectivity index (χ3n) is 7.05. The molecule has 0 amide bonds. The van der Waals surface area contributed by atoms with Crippen LogP contribution >= 0.6 is 0 Å². The van der Waals surface area contributed by atoms with E-state index in [0.717, 1.165) is 37.2 Å². The molecule has 206 valence electrons. The van der Waals surface area contributed by atoms with Crippen molar-refractivity contribution < 1.29 is 19.1 Å². The normalized spacial score (nSPS) is 14.9. The predicted octanol–water partition coefficient (Wildman–Crippen LogP) is 6.33. The lowest BCUT2D eigenvalue weighted by Crippen LogP contribution is -2.39. The Morgan fingerprint density at radius 2 is 1.57 bits per heavy atom. The summed E-state index contributed by atoms with van der Waals surface area (Å²) in [6, 6.07) is 30.9. The lowest BCUT2D eigenvalue weighted by atomic mass is 9.88. The number of likely N-dealkylation sites (tertiary alicyclic amines) is 1. The van der Waals surface area contributed by atoms with Crippen LogP contribution in [-0.2, 0) is 11.3 Å². The first kappa shape index (κ1) is 27.6. The minimum absolute atomic E-state index is 0.226. The van der Waals surface area contributed by atoms with Gasteiger partial charge in [-0.05, 0) is 47.8 Å². The lowest BCUT2D eigenvalue weighted by molar-refractivity contribution is 0.0655. The molecular formula is C34H36N2O4. The fourth-order valence-electron chi connectivity index (χ4n) is 5.12. The Bertz CT molecular complexity index is 1360. The summed E-state index contributed by atoms with van der Waals surface area (Å²) in [5.74, 6) is 1.36. The quantitative estimate of drug-likeness (QED) is 0.242. The predicted molar refractivity (Wildman–Crippen MR) is 159 cm³/mol. The van der Waals surface area contributed by atoms with Gasteiger partial charge in [-0.3, -0.25) is 4.90 Å². The van der Waals surface area contributed by atoms with Crippen LogP contribution in [0.1, 0.15) is 41.0 Å². The number of aliphatic hydroxyl groups is 1. The number of para-hydroxylation sites is 1. The maximum atomic E-state index is 10.8. The van der Waals surface area contributed by atoms with E-state index >= 15 is 0 Å². The molecule has 5 rings (SSSR count). The maximum absolute atomic E-state index is 10.8. The van der Waals surface area contributed by atoms with Crippen LogP contribution in [0.3, 0.4) is 0 Å². The first-order valence-electron chi connectivity index (χ1n) is 13.8. The van der Waals surface area contributed by atoms with Gasteiger partial charge in [0.2, 0.25) is 0 Å². The SMILES string of the molecule is COCc1cc(/C=C/c2ccccc2OCC(O)CN2CCC(=C(c3ccccc3)c3ccccc3)CC2)on1. The zero-order valence-electron chi connectivity index (χ0n) is 22.9. The fraction of sp³-hybridized carbons (Fsp3) is 0.265. The van der Waals surface area contributed by atoms with Crippen molar-refractivity contribution in [1.29, 1.82) is 0 Å². The van der Waals surface area contributed by atoms with Crippen LogP contribution in [0.15, 0.2) is 101 Å². The molecule has 1 atom stereocenters. The van der Waals surface area contributed by atoms with E-state index in [1.807, 2.05) is 42.5 Å². The number of nitrogens with zero attached hydrogens (tertiary/aromatic N) is 2. The van der Waals surface area contributed by atoms with Crippen LogP contribution in [0.25, 0.3) is 17.7 Å². The summed E-state index contributed by atoms with van der Waals surface area (Å²) in [6.45, 7) is 3.04. The largest absolute Gasteiger partial charge is 0.490 e. The molecule has 3 aromatic carbocycles. The summed E-state index contributed by atoms with van der Waals surface area (Å²) < 4.78 is 16.5. The first-order chi connectivity index (χ1) is 19.7. The van der Waals surface area contributed by atoms with Gasteiger partial charge in [-0.2, -0.15) is 0 Å². The summed E-state index contributed by atoms with van der Waals surface area (Å²) >= 11 is 0. The van der Waals surface area contributed by atoms with Crippen molar-refractivity contribution in [3.63, 3.8) is 0 Å². The number of benzene rings is 3. The van der Waals surface area contributed by atoms with Crippen molar-refractivity contribution in [2.45, 2.75) is 25.6 Å². The Hall–Kier alpha value is -3.97. The molecule has 40 heavy (non-hydrogen) atoms. The van der Waals surface area contributed by atoms with E-state index in [1.54, 1.807) is 7.11 Å². The number of hydrogen-bond donors (Lipinski definition) is 1. The first-order valence-corrected chi connectivity index (χ1v) is 13.8. The monoisotopic (exact) mass is 536 g/mol. The second-order valence-corrected chi connectivity index (χ2v) is 10.0. The molecule has 1 unspecified atom stereocenters. The van der Waals surface area contributed by atoms with Crippen molar-refractivity contribution in [3.8, 4) is 5.75 Å². The summed E-state index contributed by atoms with van der Waals surface area (Å²) in [4.78, 5) is 2.33. The van der Waals surface area contributed by atoms with E-state index in [0.29, 0.717) is 24.7 Å². The van der Waals surface area contributed by atoms with E-state index in [-0.39, 0.29) is 6.61 Å². The molecular weight excluding hydrogens is 500 g/mol. The minimum atomic E-state index is -0.587. The molecule has 1 aliphatic rings. The third kappa shape index (κ3) is 7.36. The number of aromatic nitrogens is 1. The van der Waals surface area contributed by atoms with Gasteiger partial charge in [0.15, 0.2) is 5.76 Å². The topological polar surface area (TPSA) is 68.0 Å². The number of aliphatic hydroxyl groups excluding tert-OH is 1. The average molecular weight is 537 g/mol. The van der Waals surface area contributed by atoms with E-state index < -0.39 is 6.10 Å². The van der Waals surface area contributed by atoms with Crippen LogP contribution < -0.4 is 4.74 Å². The molecule has 1 N–H and O–H groups in total. The summed E-state index contributed by atoms with van der Waals surface area (Å²) in [5, 5.41) is 14.8. The van der Waals surface area contributed by atoms with Gasteiger partial charge in [-0.1, -0.05) is 89.6 Å². The van der Waals surface area contributed by atoms with Gasteiger partial charge in [0.05, 0.1) is 6.61 Å². The van der Waals surface area contributed by atoms with Gasteiger partial charge >= 0.3 is 0 Å². The van der Waals surface area contributed by atoms with Gasteiger partial charge in [0, 0.05) is 38.4 Å². The molecule has 2 heterocycles. The molecule has 0 saturated carbocycles. The van der Waals surface area contributed by atoms with Crippen LogP contribution in [-0.4, -0.2) is 54.6 Å². The zero-order chi connectivity index (χ0) is 27.6. The second-order valence-electron chi connectivity index (χ2n) is 10.0. The van der Waals surface area contributed by atoms with Crippen LogP contribution in [0.4, 0.5) is 0 Å². The molecule has 0 aliphatic carbocycles. The van der Waals surface area contributed by atoms with Gasteiger partial charge in [-0.25, -0.2) is 0 Å². The van der Waals surface area contributed by atoms with Gasteiger partial charge in [0.25, 0.3) is 0 Å². The highest BCUT2D eigenvalue weighted by Gasteiger charge is 2.21. The summed E-state index contributed by atoms with van der Waals surface area (Å²) in [6.07, 6.45) is 5.15. The molecule has 0 bridgehead atoms. The van der Waals surface area contributed by atoms with E-state index in [9.17, 15) is 5.11 Å². The van der Waals surface area contributed by atoms with Gasteiger partial charge in [0.1, 0.15) is 24.2 Å². The van der Waals surface area contributed by atoms with Crippen LogP contribution in [0, 0.1) is 0 Å². The molecule has 6 nitrogen and oxygen atoms in total. The number of ether oxygens (including phenoxy) is 2. The van der Waals surface area contributed by atoms with E-state index in [1.165, 1.54) is 22.3 Å². The Kier molecular flexibility index (Phi) is 9.59. The molecule has 1 fully saturated rings. The fourth-order valence-corrected chi connectivity index (χ4v) is 5.12. The lowest BCUT2D eigenvalue weighted by Gasteiger charge is -2.31. The Morgan fingerprint density at radius 1 is 0.925 bits per heavy atom. The van der Waals surface area contributed by atoms with E-state index in [2.05, 4.69) is 70.7 Å². The summed E-state index contributed by atoms with van der Waals surface area (Å²) in [5.41, 5.74) is 6.98. The van der Waals surface area contributed by atoms with Crippen molar-refractivity contribution in [1.82, 2.24) is 10.1 Å². The van der Waals surface area contributed by atoms with Crippen molar-refractivity contribution in [2.24, 2.45) is 0 Å². The minimum Gasteiger partial charge on any atom is -0.490 e. The highest BCUT2D eigenvalue weighted by molar-refractivity contribution is 5.82. The maximum Gasteiger partial charge on any atom is 0.160 e. The highest BCUT2D eigenvalue weighted by atomic mass is 16.5. The van der Waals surface area contributed by atoms with Crippen LogP contribution in [0.5, 0.6) is 5.75 Å². The molecule has 6 heteroatoms. The van der Waals surface area contributed by atoms with Crippen molar-refractivity contribution in [3.05, 3.63) is 125 Å². The standard InChI is InChI=1S/C34H36N2O4/c1-38-24-30-22-32(40-35-30)17-16-26-10-8-9-15-33(26)39-25-31(37)23-36-20-18-29(19-21-36)34(27-11-4-2-5-12-27)28-13-6-3-7-14-28/h2-17,22,31,37H,18-21,23-25H2,1H3/b17-16+. The second kappa shape index (κ2) is 13.9. The molecule has 1 aromatic heterocycles. The van der Waals surface area contributed by atoms with Gasteiger partial charge in [-0.15, -0.1) is 0 Å². The summed E-state index contributed by atoms with van der Waals surface area (Å²) in [7, 11) is 1.62. The molecule has 0 radical (unpaired) electrons. The number of methoxy groups -OCH3 is 1. The number of piperidine rings is 1. The molecule has 1 saturated heterocycles. The Labute approximate surface area is 236 Å². The zero-order valence-corrected chi connectivity index (χ0v) is 22.9. The molecule has 0 spiro atoms. The third-order valence-corrected chi connectivity index (χ3v) is 7.05. The van der Waals surface area contributed by atoms with E-state index in [4.69, 9.17) is 14.0 Å². The molecule has 4 aromatic rings. The number of β-amino-alcohol motifs (C(OH)–C–C–N with tert-alkyl or cyclic N) is 1. The van der Waals surface area contributed by atoms with Crippen LogP contribution in [0.2, 0.25) is 0 Å². The Morgan fingerprint density at radius 3 is 2.25 bits per heavy atom. The molecule has 1 aliphatic heterocycles. The Balaban J connectivity index is 1.17.